The summed E-state index contributed by atoms with van der Waals surface area (Å²) in [6.45, 7) is 8.81. The van der Waals surface area contributed by atoms with Crippen LogP contribution in [0.4, 0.5) is 44.2 Å². The summed E-state index contributed by atoms with van der Waals surface area (Å²) in [7, 11) is 6.89. The van der Waals surface area contributed by atoms with Gasteiger partial charge in [-0.3, -0.25) is 49.4 Å². The molecule has 6 amide bonds. The molecule has 23 nitrogen and oxygen atoms in total. The van der Waals surface area contributed by atoms with Crippen molar-refractivity contribution in [1.82, 2.24) is 39.5 Å². The lowest BCUT2D eigenvalue weighted by molar-refractivity contribution is -0.136. The fourth-order valence-corrected chi connectivity index (χ4v) is 10.6. The van der Waals surface area contributed by atoms with Gasteiger partial charge in [-0.2, -0.15) is 10.5 Å². The number of rotatable bonds is 12. The van der Waals surface area contributed by atoms with Gasteiger partial charge in [-0.05, 0) is 39.1 Å². The largest absolute Gasteiger partial charge is 0.380 e. The number of carbonyl (C=O) groups excluding carboxylic acids is 6. The first-order valence-electron chi connectivity index (χ1n) is 25.4. The Bertz CT molecular complexity index is 2990. The number of aldehydes is 2. The number of hydrogen-bond donors (Lipinski definition) is 2. The second kappa shape index (κ2) is 22.4. The van der Waals surface area contributed by atoms with E-state index in [9.17, 15) is 39.3 Å². The van der Waals surface area contributed by atoms with Gasteiger partial charge in [0.05, 0.1) is 54.2 Å². The Morgan fingerprint density at radius 2 is 1.11 bits per heavy atom. The van der Waals surface area contributed by atoms with E-state index in [0.717, 1.165) is 63.9 Å². The van der Waals surface area contributed by atoms with Crippen LogP contribution >= 0.6 is 0 Å². The van der Waals surface area contributed by atoms with Crippen molar-refractivity contribution in [2.24, 2.45) is 10.8 Å². The number of nitrogens with zero attached hydrogens (tertiary/aromatic N) is 14. The Hall–Kier alpha value is -8.12. The normalized spacial score (nSPS) is 18.7. The molecule has 5 saturated heterocycles. The molecule has 23 heteroatoms. The predicted molar refractivity (Wildman–Crippen MR) is 281 cm³/mol. The van der Waals surface area contributed by atoms with Crippen LogP contribution in [0.2, 0.25) is 0 Å². The van der Waals surface area contributed by atoms with Crippen LogP contribution in [0.25, 0.3) is 0 Å². The van der Waals surface area contributed by atoms with Gasteiger partial charge >= 0.3 is 12.1 Å². The maximum absolute atomic E-state index is 13.1. The number of hydrogen-bond acceptors (Lipinski definition) is 17. The minimum Gasteiger partial charge on any atom is -0.380 e. The number of carbonyl (C=O) groups is 6. The number of amides is 6. The van der Waals surface area contributed by atoms with Crippen LogP contribution in [0.1, 0.15) is 75.3 Å². The molecule has 2 N–H and O–H groups in total. The first-order chi connectivity index (χ1) is 36.6. The molecular formula is C53H62N16O7. The Balaban J connectivity index is 0.000000186. The highest BCUT2D eigenvalue weighted by atomic mass is 16.5. The van der Waals surface area contributed by atoms with Crippen molar-refractivity contribution >= 4 is 71.1 Å². The van der Waals surface area contributed by atoms with E-state index in [1.54, 1.807) is 53.2 Å². The average molecular weight is 1040 g/mol. The number of aromatic nitrogens is 4. The van der Waals surface area contributed by atoms with Gasteiger partial charge in [0.25, 0.3) is 0 Å². The van der Waals surface area contributed by atoms with Crippen molar-refractivity contribution < 1.29 is 33.5 Å². The minimum atomic E-state index is -0.498. The van der Waals surface area contributed by atoms with E-state index in [2.05, 4.69) is 52.5 Å². The Labute approximate surface area is 441 Å². The third kappa shape index (κ3) is 11.4. The molecule has 2 spiro atoms. The number of nitriles is 2. The standard InChI is InChI=1S/C28H34N8O3.C25H28N8O4/c1-33-10-11-35(26(38)16-33)15-20-6-7-25(31-22(20)17-37)34(2)27(39)32-24-12-23(21(13-29)14-30-24)36-18-28(19-36)8-4-3-5-9-28;1-30-5-6-32(23(35)11-30)10-17-3-4-22(28-19(17)12-34)31(2)24(36)29-21-7-20(18(8-26)9-27-21)33-13-25(14-33)15-37-16-25/h6-7,12,14,17H,3-5,8-11,15-16,18-19H2,1-2H3,(H,30,32,39);3-4,7,9,12H,5-6,10-11,13-16H2,1-2H3,(H,27,29,36). The average Bonchev–Trinajstić information content (AvgIpc) is 3.39. The van der Waals surface area contributed by atoms with Crippen molar-refractivity contribution in [3.63, 3.8) is 0 Å². The summed E-state index contributed by atoms with van der Waals surface area (Å²) in [5.41, 5.74) is 4.56. The van der Waals surface area contributed by atoms with Crippen LogP contribution in [-0.2, 0) is 27.4 Å². The maximum Gasteiger partial charge on any atom is 0.328 e. The van der Waals surface area contributed by atoms with Gasteiger partial charge < -0.3 is 24.3 Å². The number of likely N-dealkylation sites (N-methyl/N-ethyl adjacent to an activating group) is 2. The smallest absolute Gasteiger partial charge is 0.328 e. The lowest BCUT2D eigenvalue weighted by atomic mass is 9.68. The highest BCUT2D eigenvalue weighted by Crippen LogP contribution is 2.46. The molecule has 4 aromatic rings. The van der Waals surface area contributed by atoms with Gasteiger partial charge in [0, 0.05) is 121 Å². The zero-order valence-corrected chi connectivity index (χ0v) is 43.3. The zero-order valence-electron chi connectivity index (χ0n) is 43.3. The fraction of sp³-hybridized carbons (Fsp3) is 0.472. The van der Waals surface area contributed by atoms with Crippen LogP contribution in [0.15, 0.2) is 48.8 Å². The molecule has 396 valence electrons. The quantitative estimate of drug-likeness (QED) is 0.191. The molecule has 6 aliphatic rings. The van der Waals surface area contributed by atoms with E-state index in [4.69, 9.17) is 4.74 Å². The van der Waals surface area contributed by atoms with Crippen LogP contribution < -0.4 is 30.2 Å². The highest BCUT2D eigenvalue weighted by Gasteiger charge is 2.49. The first-order valence-corrected chi connectivity index (χ1v) is 25.4. The molecule has 0 unspecified atom stereocenters. The third-order valence-corrected chi connectivity index (χ3v) is 15.2. The number of urea groups is 2. The molecule has 1 aliphatic carbocycles. The number of anilines is 6. The van der Waals surface area contributed by atoms with Gasteiger partial charge in [-0.1, -0.05) is 31.4 Å². The van der Waals surface area contributed by atoms with Crippen molar-refractivity contribution in [3.8, 4) is 12.1 Å². The zero-order chi connectivity index (χ0) is 53.7. The summed E-state index contributed by atoms with van der Waals surface area (Å²) in [5.74, 6) is 1.21. The Morgan fingerprint density at radius 1 is 0.671 bits per heavy atom. The number of piperazine rings is 2. The molecule has 4 aromatic heterocycles. The molecule has 0 aromatic carbocycles. The van der Waals surface area contributed by atoms with Crippen LogP contribution in [0, 0.1) is 33.5 Å². The third-order valence-electron chi connectivity index (χ3n) is 15.2. The van der Waals surface area contributed by atoms with Crippen LogP contribution in [-0.4, -0.2) is 183 Å². The van der Waals surface area contributed by atoms with E-state index >= 15 is 0 Å². The van der Waals surface area contributed by atoms with Gasteiger partial charge in [-0.25, -0.2) is 29.5 Å². The van der Waals surface area contributed by atoms with E-state index < -0.39 is 12.1 Å². The molecule has 0 atom stereocenters. The summed E-state index contributed by atoms with van der Waals surface area (Å²) in [6, 6.07) is 13.6. The molecule has 76 heavy (non-hydrogen) atoms. The molecule has 5 aliphatic heterocycles. The number of pyridine rings is 4. The van der Waals surface area contributed by atoms with Gasteiger partial charge in [0.1, 0.15) is 46.8 Å². The monoisotopic (exact) mass is 1030 g/mol. The van der Waals surface area contributed by atoms with E-state index in [-0.39, 0.29) is 41.0 Å². The SMILES string of the molecule is CN1CCN(Cc2ccc(N(C)C(=O)Nc3cc(N4CC5(CCCCC5)C4)c(C#N)cn3)nc2C=O)C(=O)C1.CN1CCN(Cc2ccc(N(C)C(=O)Nc3cc(N4CC5(COC5)C4)c(C#N)cn3)nc2C=O)C(=O)C1. The second-order valence-electron chi connectivity index (χ2n) is 20.9. The molecule has 10 rings (SSSR count). The van der Waals surface area contributed by atoms with E-state index in [1.807, 2.05) is 23.9 Å². The number of ether oxygens (including phenoxy) is 1. The lowest BCUT2D eigenvalue weighted by Crippen LogP contribution is -2.66. The maximum atomic E-state index is 13.1. The summed E-state index contributed by atoms with van der Waals surface area (Å²) in [6.07, 6.45) is 10.5. The second-order valence-corrected chi connectivity index (χ2v) is 20.9. The van der Waals surface area contributed by atoms with Crippen molar-refractivity contribution in [1.29, 1.82) is 10.5 Å². The fourth-order valence-electron chi connectivity index (χ4n) is 10.6. The molecular weight excluding hydrogens is 973 g/mol. The molecule has 1 saturated carbocycles. The van der Waals surface area contributed by atoms with Gasteiger partial charge in [0.2, 0.25) is 11.8 Å². The predicted octanol–water partition coefficient (Wildman–Crippen LogP) is 3.81. The minimum absolute atomic E-state index is 0.00240. The Kier molecular flexibility index (Phi) is 15.5. The Morgan fingerprint density at radius 3 is 1.49 bits per heavy atom. The van der Waals surface area contributed by atoms with Crippen LogP contribution in [0.5, 0.6) is 0 Å². The van der Waals surface area contributed by atoms with E-state index in [1.165, 1.54) is 61.3 Å². The van der Waals surface area contributed by atoms with Gasteiger partial charge in [-0.15, -0.1) is 0 Å². The molecule has 0 bridgehead atoms. The topological polar surface area (TPSA) is 261 Å². The van der Waals surface area contributed by atoms with Crippen molar-refractivity contribution in [3.05, 3.63) is 82.4 Å². The van der Waals surface area contributed by atoms with Gasteiger partial charge in [0.15, 0.2) is 12.6 Å². The molecule has 6 fully saturated rings. The first kappa shape index (κ1) is 52.7. The van der Waals surface area contributed by atoms with E-state index in [0.29, 0.717) is 90.4 Å². The van der Waals surface area contributed by atoms with Crippen LogP contribution in [0.3, 0.4) is 0 Å². The summed E-state index contributed by atoms with van der Waals surface area (Å²) in [5, 5.41) is 24.7. The lowest BCUT2D eigenvalue weighted by Gasteiger charge is -2.56. The molecule has 0 radical (unpaired) electrons. The molecule has 9 heterocycles. The highest BCUT2D eigenvalue weighted by molar-refractivity contribution is 6.01. The van der Waals surface area contributed by atoms with Crippen molar-refractivity contribution in [2.45, 2.75) is 45.2 Å². The summed E-state index contributed by atoms with van der Waals surface area (Å²) in [4.78, 5) is 106. The summed E-state index contributed by atoms with van der Waals surface area (Å²) >= 11 is 0. The number of nitrogens with one attached hydrogen (secondary N) is 2. The summed E-state index contributed by atoms with van der Waals surface area (Å²) < 4.78 is 5.32. The van der Waals surface area contributed by atoms with Crippen molar-refractivity contribution in [2.75, 3.05) is 137 Å².